The standard InChI is InChI=1S/C19H25NS/c1-5-20-12-18-6-7-19(11-16(18)4)21-13-17-9-14(2)8-15(3)10-17/h6-11,20H,5,12-13H2,1-4H3. The van der Waals surface area contributed by atoms with E-state index in [4.69, 9.17) is 0 Å². The summed E-state index contributed by atoms with van der Waals surface area (Å²) in [5.41, 5.74) is 6.88. The molecule has 112 valence electrons. The van der Waals surface area contributed by atoms with Crippen LogP contribution >= 0.6 is 11.8 Å². The molecule has 2 aromatic carbocycles. The number of thioether (sulfide) groups is 1. The average Bonchev–Trinajstić information content (AvgIpc) is 2.43. The summed E-state index contributed by atoms with van der Waals surface area (Å²) in [5.74, 6) is 1.04. The van der Waals surface area contributed by atoms with Gasteiger partial charge in [-0.15, -0.1) is 11.8 Å². The number of nitrogens with one attached hydrogen (secondary N) is 1. The molecular formula is C19H25NS. The Morgan fingerprint density at radius 3 is 2.29 bits per heavy atom. The zero-order valence-corrected chi connectivity index (χ0v) is 14.3. The van der Waals surface area contributed by atoms with Gasteiger partial charge in [0.1, 0.15) is 0 Å². The Labute approximate surface area is 133 Å². The van der Waals surface area contributed by atoms with Gasteiger partial charge in [-0.2, -0.15) is 0 Å². The Morgan fingerprint density at radius 1 is 0.952 bits per heavy atom. The van der Waals surface area contributed by atoms with Crippen molar-refractivity contribution in [2.45, 2.75) is 44.9 Å². The lowest BCUT2D eigenvalue weighted by Crippen LogP contribution is -2.12. The van der Waals surface area contributed by atoms with Crippen LogP contribution in [0.3, 0.4) is 0 Å². The highest BCUT2D eigenvalue weighted by molar-refractivity contribution is 7.98. The second-order valence-electron chi connectivity index (χ2n) is 5.65. The van der Waals surface area contributed by atoms with Gasteiger partial charge in [0.2, 0.25) is 0 Å². The Bertz CT molecular complexity index is 584. The summed E-state index contributed by atoms with van der Waals surface area (Å²) in [6.07, 6.45) is 0. The van der Waals surface area contributed by atoms with Crippen LogP contribution in [0.15, 0.2) is 41.3 Å². The zero-order chi connectivity index (χ0) is 15.2. The zero-order valence-electron chi connectivity index (χ0n) is 13.5. The van der Waals surface area contributed by atoms with E-state index in [1.54, 1.807) is 0 Å². The van der Waals surface area contributed by atoms with E-state index in [1.807, 2.05) is 11.8 Å². The van der Waals surface area contributed by atoms with Crippen LogP contribution in [-0.2, 0) is 12.3 Å². The maximum absolute atomic E-state index is 3.39. The molecule has 0 aliphatic rings. The van der Waals surface area contributed by atoms with Crippen molar-refractivity contribution in [3.63, 3.8) is 0 Å². The van der Waals surface area contributed by atoms with Crippen LogP contribution < -0.4 is 5.32 Å². The molecule has 0 heterocycles. The Hall–Kier alpha value is -1.25. The molecule has 0 spiro atoms. The van der Waals surface area contributed by atoms with E-state index < -0.39 is 0 Å². The molecule has 1 nitrogen and oxygen atoms in total. The summed E-state index contributed by atoms with van der Waals surface area (Å²) in [6.45, 7) is 10.7. The van der Waals surface area contributed by atoms with E-state index in [1.165, 1.54) is 32.7 Å². The molecule has 0 fully saturated rings. The van der Waals surface area contributed by atoms with Crippen molar-refractivity contribution >= 4 is 11.8 Å². The lowest BCUT2D eigenvalue weighted by molar-refractivity contribution is 0.723. The van der Waals surface area contributed by atoms with Crippen LogP contribution in [0.4, 0.5) is 0 Å². The van der Waals surface area contributed by atoms with Crippen LogP contribution in [-0.4, -0.2) is 6.54 Å². The first kappa shape index (κ1) is 16.1. The predicted octanol–water partition coefficient (Wildman–Crippen LogP) is 5.01. The van der Waals surface area contributed by atoms with Gasteiger partial charge in [0.05, 0.1) is 0 Å². The first-order chi connectivity index (χ1) is 10.1. The first-order valence-corrected chi connectivity index (χ1v) is 8.57. The number of rotatable bonds is 6. The fraction of sp³-hybridized carbons (Fsp3) is 0.368. The molecular weight excluding hydrogens is 274 g/mol. The van der Waals surface area contributed by atoms with Crippen LogP contribution in [0.5, 0.6) is 0 Å². The fourth-order valence-corrected chi connectivity index (χ4v) is 3.46. The number of aryl methyl sites for hydroxylation is 3. The highest BCUT2D eigenvalue weighted by Crippen LogP contribution is 2.25. The van der Waals surface area contributed by atoms with Gasteiger partial charge >= 0.3 is 0 Å². The van der Waals surface area contributed by atoms with Crippen LogP contribution in [0.25, 0.3) is 0 Å². The molecule has 1 N–H and O–H groups in total. The maximum atomic E-state index is 3.39. The summed E-state index contributed by atoms with van der Waals surface area (Å²) in [5, 5.41) is 3.39. The minimum Gasteiger partial charge on any atom is -0.313 e. The molecule has 2 rings (SSSR count). The number of benzene rings is 2. The quantitative estimate of drug-likeness (QED) is 0.752. The lowest BCUT2D eigenvalue weighted by atomic mass is 10.1. The van der Waals surface area contributed by atoms with Crippen molar-refractivity contribution in [1.82, 2.24) is 5.32 Å². The summed E-state index contributed by atoms with van der Waals surface area (Å²) in [7, 11) is 0. The molecule has 0 aliphatic carbocycles. The largest absolute Gasteiger partial charge is 0.313 e. The van der Waals surface area contributed by atoms with Gasteiger partial charge in [-0.3, -0.25) is 0 Å². The van der Waals surface area contributed by atoms with Gasteiger partial charge in [0.15, 0.2) is 0 Å². The SMILES string of the molecule is CCNCc1ccc(SCc2cc(C)cc(C)c2)cc1C. The van der Waals surface area contributed by atoms with Crippen LogP contribution in [0.2, 0.25) is 0 Å². The highest BCUT2D eigenvalue weighted by atomic mass is 32.2. The summed E-state index contributed by atoms with van der Waals surface area (Å²) < 4.78 is 0. The van der Waals surface area contributed by atoms with Gasteiger partial charge in [-0.25, -0.2) is 0 Å². The average molecular weight is 299 g/mol. The molecule has 0 atom stereocenters. The van der Waals surface area contributed by atoms with Gasteiger partial charge in [-0.05, 0) is 56.1 Å². The van der Waals surface area contributed by atoms with Crippen molar-refractivity contribution in [2.24, 2.45) is 0 Å². The normalized spacial score (nSPS) is 10.9. The number of hydrogen-bond donors (Lipinski definition) is 1. The monoisotopic (exact) mass is 299 g/mol. The minimum absolute atomic E-state index is 0.963. The second-order valence-corrected chi connectivity index (χ2v) is 6.70. The fourth-order valence-electron chi connectivity index (χ4n) is 2.54. The van der Waals surface area contributed by atoms with Crippen LogP contribution in [0, 0.1) is 20.8 Å². The molecule has 0 amide bonds. The molecule has 0 bridgehead atoms. The predicted molar refractivity (Wildman–Crippen MR) is 94.0 cm³/mol. The van der Waals surface area contributed by atoms with Gasteiger partial charge in [0.25, 0.3) is 0 Å². The van der Waals surface area contributed by atoms with Crippen molar-refractivity contribution in [1.29, 1.82) is 0 Å². The highest BCUT2D eigenvalue weighted by Gasteiger charge is 2.02. The molecule has 21 heavy (non-hydrogen) atoms. The molecule has 2 aromatic rings. The summed E-state index contributed by atoms with van der Waals surface area (Å²) in [4.78, 5) is 1.35. The third-order valence-electron chi connectivity index (χ3n) is 3.57. The van der Waals surface area contributed by atoms with Gasteiger partial charge in [-0.1, -0.05) is 42.3 Å². The van der Waals surface area contributed by atoms with E-state index in [2.05, 4.69) is 69.4 Å². The summed E-state index contributed by atoms with van der Waals surface area (Å²) >= 11 is 1.92. The summed E-state index contributed by atoms with van der Waals surface area (Å²) in [6, 6.07) is 13.6. The van der Waals surface area contributed by atoms with Crippen molar-refractivity contribution in [3.8, 4) is 0 Å². The number of hydrogen-bond acceptors (Lipinski definition) is 2. The smallest absolute Gasteiger partial charge is 0.0232 e. The second kappa shape index (κ2) is 7.67. The van der Waals surface area contributed by atoms with Gasteiger partial charge < -0.3 is 5.32 Å². The third kappa shape index (κ3) is 4.90. The Morgan fingerprint density at radius 2 is 1.67 bits per heavy atom. The Balaban J connectivity index is 2.01. The molecule has 2 heteroatoms. The van der Waals surface area contributed by atoms with Crippen LogP contribution in [0.1, 0.15) is 34.7 Å². The van der Waals surface area contributed by atoms with E-state index in [-0.39, 0.29) is 0 Å². The van der Waals surface area contributed by atoms with Crippen molar-refractivity contribution in [2.75, 3.05) is 6.54 Å². The lowest BCUT2D eigenvalue weighted by Gasteiger charge is -2.09. The van der Waals surface area contributed by atoms with Crippen molar-refractivity contribution in [3.05, 3.63) is 64.2 Å². The van der Waals surface area contributed by atoms with E-state index >= 15 is 0 Å². The maximum Gasteiger partial charge on any atom is 0.0232 e. The third-order valence-corrected chi connectivity index (χ3v) is 4.63. The first-order valence-electron chi connectivity index (χ1n) is 7.58. The molecule has 0 aromatic heterocycles. The molecule has 0 aliphatic heterocycles. The topological polar surface area (TPSA) is 12.0 Å². The minimum atomic E-state index is 0.963. The van der Waals surface area contributed by atoms with E-state index in [9.17, 15) is 0 Å². The molecule has 0 saturated heterocycles. The van der Waals surface area contributed by atoms with Gasteiger partial charge in [0, 0.05) is 17.2 Å². The van der Waals surface area contributed by atoms with E-state index in [0.29, 0.717) is 0 Å². The Kier molecular flexibility index (Phi) is 5.89. The van der Waals surface area contributed by atoms with E-state index in [0.717, 1.165) is 18.8 Å². The molecule has 0 radical (unpaired) electrons. The van der Waals surface area contributed by atoms with Crippen molar-refractivity contribution < 1.29 is 0 Å². The molecule has 0 unspecified atom stereocenters. The molecule has 0 saturated carbocycles.